The first-order chi connectivity index (χ1) is 9.16. The van der Waals surface area contributed by atoms with Gasteiger partial charge in [-0.2, -0.15) is 0 Å². The molecule has 4 nitrogen and oxygen atoms in total. The number of halogens is 2. The molecule has 0 aliphatic heterocycles. The van der Waals surface area contributed by atoms with Gasteiger partial charge in [0.2, 0.25) is 10.0 Å². The summed E-state index contributed by atoms with van der Waals surface area (Å²) in [5.74, 6) is 0.320. The van der Waals surface area contributed by atoms with Crippen molar-refractivity contribution in [3.63, 3.8) is 0 Å². The summed E-state index contributed by atoms with van der Waals surface area (Å²) < 4.78 is 26.9. The van der Waals surface area contributed by atoms with Crippen molar-refractivity contribution in [1.82, 2.24) is 4.31 Å². The molecule has 0 bridgehead atoms. The molecular weight excluding hydrogens is 364 g/mol. The molecular formula is C13H20BrClN2O2S. The van der Waals surface area contributed by atoms with Crippen LogP contribution < -0.4 is 5.73 Å². The molecule has 20 heavy (non-hydrogen) atoms. The van der Waals surface area contributed by atoms with E-state index in [-0.39, 0.29) is 16.0 Å². The lowest BCUT2D eigenvalue weighted by atomic mass is 10.0. The molecule has 7 heteroatoms. The second kappa shape index (κ2) is 7.22. The topological polar surface area (TPSA) is 63.4 Å². The zero-order valence-corrected chi connectivity index (χ0v) is 15.0. The maximum Gasteiger partial charge on any atom is 0.244 e. The van der Waals surface area contributed by atoms with Gasteiger partial charge in [-0.1, -0.05) is 41.4 Å². The van der Waals surface area contributed by atoms with Crippen LogP contribution in [0.2, 0.25) is 5.02 Å². The SMILES string of the molecule is CC(C)C(N)CCN(C)S(=O)(=O)c1cc(Br)ccc1Cl. The van der Waals surface area contributed by atoms with Gasteiger partial charge in [0.1, 0.15) is 4.90 Å². The zero-order chi connectivity index (χ0) is 15.5. The van der Waals surface area contributed by atoms with E-state index in [9.17, 15) is 8.42 Å². The van der Waals surface area contributed by atoms with Gasteiger partial charge in [0.05, 0.1) is 5.02 Å². The third kappa shape index (κ3) is 4.43. The summed E-state index contributed by atoms with van der Waals surface area (Å²) in [7, 11) is -2.06. The summed E-state index contributed by atoms with van der Waals surface area (Å²) >= 11 is 9.24. The van der Waals surface area contributed by atoms with Crippen molar-refractivity contribution in [2.75, 3.05) is 13.6 Å². The van der Waals surface area contributed by atoms with Gasteiger partial charge in [-0.25, -0.2) is 12.7 Å². The molecule has 0 aliphatic rings. The molecule has 0 spiro atoms. The Labute approximate surface area is 134 Å². The molecule has 1 aromatic rings. The Hall–Kier alpha value is -0.140. The highest BCUT2D eigenvalue weighted by Crippen LogP contribution is 2.27. The van der Waals surface area contributed by atoms with E-state index in [1.807, 2.05) is 13.8 Å². The van der Waals surface area contributed by atoms with Gasteiger partial charge in [0, 0.05) is 24.1 Å². The smallest absolute Gasteiger partial charge is 0.244 e. The lowest BCUT2D eigenvalue weighted by Crippen LogP contribution is -2.34. The van der Waals surface area contributed by atoms with E-state index < -0.39 is 10.0 Å². The van der Waals surface area contributed by atoms with Gasteiger partial charge in [-0.05, 0) is 30.5 Å². The lowest BCUT2D eigenvalue weighted by molar-refractivity contribution is 0.397. The molecule has 114 valence electrons. The van der Waals surface area contributed by atoms with E-state index >= 15 is 0 Å². The summed E-state index contributed by atoms with van der Waals surface area (Å²) in [6.45, 7) is 4.40. The molecule has 0 amide bonds. The second-order valence-electron chi connectivity index (χ2n) is 5.10. The third-order valence-electron chi connectivity index (χ3n) is 3.22. The van der Waals surface area contributed by atoms with Crippen LogP contribution in [0.4, 0.5) is 0 Å². The average Bonchev–Trinajstić information content (AvgIpc) is 2.37. The Morgan fingerprint density at radius 3 is 2.55 bits per heavy atom. The van der Waals surface area contributed by atoms with Crippen molar-refractivity contribution in [2.24, 2.45) is 11.7 Å². The molecule has 0 heterocycles. The molecule has 1 aromatic carbocycles. The van der Waals surface area contributed by atoms with Crippen molar-refractivity contribution in [3.05, 3.63) is 27.7 Å². The fourth-order valence-electron chi connectivity index (χ4n) is 1.63. The number of benzene rings is 1. The molecule has 1 rings (SSSR count). The van der Waals surface area contributed by atoms with Gasteiger partial charge in [0.15, 0.2) is 0 Å². The number of hydrogen-bond donors (Lipinski definition) is 1. The van der Waals surface area contributed by atoms with Crippen LogP contribution in [0.25, 0.3) is 0 Å². The van der Waals surface area contributed by atoms with E-state index in [0.29, 0.717) is 23.4 Å². The summed E-state index contributed by atoms with van der Waals surface area (Å²) in [6, 6.07) is 4.75. The predicted molar refractivity (Wildman–Crippen MR) is 86.4 cm³/mol. The molecule has 0 saturated heterocycles. The number of sulfonamides is 1. The largest absolute Gasteiger partial charge is 0.327 e. The molecule has 1 unspecified atom stereocenters. The number of rotatable bonds is 6. The first-order valence-corrected chi connectivity index (χ1v) is 8.94. The van der Waals surface area contributed by atoms with Crippen molar-refractivity contribution >= 4 is 37.6 Å². The van der Waals surface area contributed by atoms with Crippen LogP contribution in [-0.2, 0) is 10.0 Å². The van der Waals surface area contributed by atoms with Crippen LogP contribution in [0.3, 0.4) is 0 Å². The van der Waals surface area contributed by atoms with Crippen molar-refractivity contribution in [1.29, 1.82) is 0 Å². The van der Waals surface area contributed by atoms with Gasteiger partial charge in [-0.15, -0.1) is 0 Å². The Kier molecular flexibility index (Phi) is 6.47. The quantitative estimate of drug-likeness (QED) is 0.821. The minimum atomic E-state index is -3.60. The summed E-state index contributed by atoms with van der Waals surface area (Å²) in [5, 5.41) is 0.216. The zero-order valence-electron chi connectivity index (χ0n) is 11.8. The summed E-state index contributed by atoms with van der Waals surface area (Å²) in [6.07, 6.45) is 0.610. The Morgan fingerprint density at radius 2 is 2.00 bits per heavy atom. The van der Waals surface area contributed by atoms with Crippen LogP contribution in [0.15, 0.2) is 27.6 Å². The van der Waals surface area contributed by atoms with Crippen LogP contribution in [0.5, 0.6) is 0 Å². The molecule has 2 N–H and O–H groups in total. The molecule has 0 aromatic heterocycles. The fourth-order valence-corrected chi connectivity index (χ4v) is 3.82. The highest BCUT2D eigenvalue weighted by atomic mass is 79.9. The maximum absolute atomic E-state index is 12.5. The Balaban J connectivity index is 2.90. The molecule has 0 aliphatic carbocycles. The van der Waals surface area contributed by atoms with Crippen LogP contribution in [-0.4, -0.2) is 32.4 Å². The molecule has 1 atom stereocenters. The molecule has 0 fully saturated rings. The van der Waals surface area contributed by atoms with E-state index in [4.69, 9.17) is 17.3 Å². The standard InChI is InChI=1S/C13H20BrClN2O2S/c1-9(2)12(16)6-7-17(3)20(18,19)13-8-10(14)4-5-11(13)15/h4-5,8-9,12H,6-7,16H2,1-3H3. The van der Waals surface area contributed by atoms with Gasteiger partial charge >= 0.3 is 0 Å². The van der Waals surface area contributed by atoms with Crippen molar-refractivity contribution < 1.29 is 8.42 Å². The monoisotopic (exact) mass is 382 g/mol. The lowest BCUT2D eigenvalue weighted by Gasteiger charge is -2.21. The maximum atomic E-state index is 12.5. The van der Waals surface area contributed by atoms with Gasteiger partial charge < -0.3 is 5.73 Å². The highest BCUT2D eigenvalue weighted by Gasteiger charge is 2.24. The Morgan fingerprint density at radius 1 is 1.40 bits per heavy atom. The summed E-state index contributed by atoms with van der Waals surface area (Å²) in [4.78, 5) is 0.106. The van der Waals surface area contributed by atoms with Crippen LogP contribution in [0.1, 0.15) is 20.3 Å². The Bertz CT molecular complexity index is 563. The van der Waals surface area contributed by atoms with E-state index in [2.05, 4.69) is 15.9 Å². The molecule has 0 radical (unpaired) electrons. The van der Waals surface area contributed by atoms with Crippen molar-refractivity contribution in [3.8, 4) is 0 Å². The molecule has 0 saturated carbocycles. The fraction of sp³-hybridized carbons (Fsp3) is 0.538. The second-order valence-corrected chi connectivity index (χ2v) is 8.43. The van der Waals surface area contributed by atoms with E-state index in [0.717, 1.165) is 0 Å². The first-order valence-electron chi connectivity index (χ1n) is 6.33. The predicted octanol–water partition coefficient (Wildman–Crippen LogP) is 3.10. The number of hydrogen-bond acceptors (Lipinski definition) is 3. The van der Waals surface area contributed by atoms with Crippen LogP contribution >= 0.6 is 27.5 Å². The summed E-state index contributed by atoms with van der Waals surface area (Å²) in [5.41, 5.74) is 5.95. The number of nitrogens with two attached hydrogens (primary N) is 1. The van der Waals surface area contributed by atoms with E-state index in [1.54, 1.807) is 19.2 Å². The highest BCUT2D eigenvalue weighted by molar-refractivity contribution is 9.10. The van der Waals surface area contributed by atoms with Gasteiger partial charge in [-0.3, -0.25) is 0 Å². The number of nitrogens with zero attached hydrogens (tertiary/aromatic N) is 1. The van der Waals surface area contributed by atoms with Crippen molar-refractivity contribution in [2.45, 2.75) is 31.2 Å². The first kappa shape index (κ1) is 17.9. The van der Waals surface area contributed by atoms with Gasteiger partial charge in [0.25, 0.3) is 0 Å². The normalized spacial score (nSPS) is 14.0. The van der Waals surface area contributed by atoms with Crippen LogP contribution in [0, 0.1) is 5.92 Å². The van der Waals surface area contributed by atoms with E-state index in [1.165, 1.54) is 10.4 Å². The third-order valence-corrected chi connectivity index (χ3v) is 6.05. The minimum absolute atomic E-state index is 0.0226. The minimum Gasteiger partial charge on any atom is -0.327 e. The average molecular weight is 384 g/mol.